The molecule has 2 aliphatic heterocycles. The summed E-state index contributed by atoms with van der Waals surface area (Å²) in [5.74, 6) is -4.02. The number of nitrogens with zero attached hydrogens (tertiary/aromatic N) is 4. The highest BCUT2D eigenvalue weighted by atomic mass is 19.2. The molecule has 0 bridgehead atoms. The number of piperidine rings is 1. The van der Waals surface area contributed by atoms with Gasteiger partial charge in [0, 0.05) is 24.2 Å². The van der Waals surface area contributed by atoms with Gasteiger partial charge in [0.15, 0.2) is 17.4 Å². The first-order chi connectivity index (χ1) is 18.0. The molecule has 3 heterocycles. The lowest BCUT2D eigenvalue weighted by Crippen LogP contribution is -2.49. The van der Waals surface area contributed by atoms with Crippen molar-refractivity contribution in [2.24, 2.45) is 0 Å². The van der Waals surface area contributed by atoms with Gasteiger partial charge >= 0.3 is 0 Å². The number of ether oxygens (including phenoxy) is 1. The smallest absolute Gasteiger partial charge is 0.263 e. The molecule has 1 fully saturated rings. The summed E-state index contributed by atoms with van der Waals surface area (Å²) in [7, 11) is 2.06. The zero-order valence-corrected chi connectivity index (χ0v) is 21.9. The van der Waals surface area contributed by atoms with Gasteiger partial charge in [-0.15, -0.1) is 0 Å². The second kappa shape index (κ2) is 10.1. The number of benzene rings is 2. The highest BCUT2D eigenvalue weighted by molar-refractivity contribution is 5.73. The van der Waals surface area contributed by atoms with Crippen molar-refractivity contribution in [2.75, 3.05) is 36.9 Å². The van der Waals surface area contributed by atoms with E-state index in [0.717, 1.165) is 38.2 Å². The number of nitrogens with one attached hydrogen (secondary N) is 1. The molecular weight excluding hydrogens is 498 g/mol. The Bertz CT molecular complexity index is 1340. The standard InChI is InChI=1S/C28H31F4N5O/c1-16(2)37-15-28(3,32)38-26-22(30)11-18(12-24(26)37)25-23(31)14-33-27(35-25)34-19-5-6-20(21(29)13-19)17-7-9-36(4)10-8-17/h5-6,11-14,16-17H,7-10,15H2,1-4H3,(H,33,34,35). The normalized spacial score (nSPS) is 20.4. The quantitative estimate of drug-likeness (QED) is 0.386. The molecule has 0 saturated carbocycles. The van der Waals surface area contributed by atoms with Crippen molar-refractivity contribution in [3.8, 4) is 17.0 Å². The van der Waals surface area contributed by atoms with Crippen molar-refractivity contribution in [2.45, 2.75) is 51.4 Å². The number of alkyl halides is 1. The average Bonchev–Trinajstić information content (AvgIpc) is 2.85. The van der Waals surface area contributed by atoms with E-state index in [-0.39, 0.29) is 47.3 Å². The van der Waals surface area contributed by atoms with Crippen molar-refractivity contribution in [1.29, 1.82) is 0 Å². The van der Waals surface area contributed by atoms with Crippen LogP contribution in [0.4, 0.5) is 34.9 Å². The van der Waals surface area contributed by atoms with E-state index in [0.29, 0.717) is 16.9 Å². The van der Waals surface area contributed by atoms with Crippen molar-refractivity contribution in [3.63, 3.8) is 0 Å². The maximum Gasteiger partial charge on any atom is 0.263 e. The second-order valence-electron chi connectivity index (χ2n) is 10.6. The molecule has 10 heteroatoms. The molecule has 2 aromatic carbocycles. The Morgan fingerprint density at radius 1 is 1.05 bits per heavy atom. The third-order valence-corrected chi connectivity index (χ3v) is 7.16. The van der Waals surface area contributed by atoms with Gasteiger partial charge in [-0.3, -0.25) is 0 Å². The molecule has 2 aliphatic rings. The predicted molar refractivity (Wildman–Crippen MR) is 139 cm³/mol. The molecule has 1 atom stereocenters. The lowest BCUT2D eigenvalue weighted by Gasteiger charge is -2.40. The maximum absolute atomic E-state index is 15.1. The molecule has 1 unspecified atom stereocenters. The molecule has 1 aromatic heterocycles. The van der Waals surface area contributed by atoms with Crippen LogP contribution in [0.15, 0.2) is 36.5 Å². The summed E-state index contributed by atoms with van der Waals surface area (Å²) in [6, 6.07) is 7.30. The largest absolute Gasteiger partial charge is 0.451 e. The van der Waals surface area contributed by atoms with E-state index in [1.807, 2.05) is 13.8 Å². The minimum Gasteiger partial charge on any atom is -0.451 e. The number of halogens is 4. The highest BCUT2D eigenvalue weighted by Crippen LogP contribution is 2.43. The second-order valence-corrected chi connectivity index (χ2v) is 10.6. The molecule has 1 saturated heterocycles. The average molecular weight is 530 g/mol. The zero-order valence-electron chi connectivity index (χ0n) is 21.9. The van der Waals surface area contributed by atoms with Crippen LogP contribution in [0.1, 0.15) is 45.1 Å². The molecule has 0 aliphatic carbocycles. The fourth-order valence-corrected chi connectivity index (χ4v) is 5.14. The Morgan fingerprint density at radius 3 is 2.47 bits per heavy atom. The first kappa shape index (κ1) is 26.2. The van der Waals surface area contributed by atoms with Crippen molar-refractivity contribution in [3.05, 3.63) is 59.5 Å². The summed E-state index contributed by atoms with van der Waals surface area (Å²) < 4.78 is 64.9. The van der Waals surface area contributed by atoms with Crippen LogP contribution in [0.5, 0.6) is 5.75 Å². The fraction of sp³-hybridized carbons (Fsp3) is 0.429. The van der Waals surface area contributed by atoms with Crippen LogP contribution in [0.25, 0.3) is 11.3 Å². The molecule has 1 N–H and O–H groups in total. The van der Waals surface area contributed by atoms with Crippen molar-refractivity contribution in [1.82, 2.24) is 14.9 Å². The number of aromatic nitrogens is 2. The fourth-order valence-electron chi connectivity index (χ4n) is 5.14. The third kappa shape index (κ3) is 5.27. The molecule has 5 rings (SSSR count). The van der Waals surface area contributed by atoms with Gasteiger partial charge in [-0.05, 0) is 82.6 Å². The number of rotatable bonds is 5. The van der Waals surface area contributed by atoms with E-state index >= 15 is 4.39 Å². The summed E-state index contributed by atoms with van der Waals surface area (Å²) in [6.07, 6.45) is 2.76. The first-order valence-electron chi connectivity index (χ1n) is 12.8. The highest BCUT2D eigenvalue weighted by Gasteiger charge is 2.38. The van der Waals surface area contributed by atoms with E-state index in [1.165, 1.54) is 19.1 Å². The monoisotopic (exact) mass is 529 g/mol. The molecule has 0 spiro atoms. The van der Waals surface area contributed by atoms with E-state index in [2.05, 4.69) is 27.2 Å². The molecule has 0 amide bonds. The van der Waals surface area contributed by atoms with Crippen LogP contribution in [0, 0.1) is 17.5 Å². The van der Waals surface area contributed by atoms with Crippen LogP contribution < -0.4 is 15.0 Å². The molecule has 6 nitrogen and oxygen atoms in total. The summed E-state index contributed by atoms with van der Waals surface area (Å²) in [4.78, 5) is 12.1. The lowest BCUT2D eigenvalue weighted by molar-refractivity contribution is -0.0475. The Morgan fingerprint density at radius 2 is 1.79 bits per heavy atom. The van der Waals surface area contributed by atoms with Crippen LogP contribution in [0.2, 0.25) is 0 Å². The lowest BCUT2D eigenvalue weighted by atomic mass is 9.89. The molecule has 0 radical (unpaired) electrons. The number of fused-ring (bicyclic) bond motifs is 1. The van der Waals surface area contributed by atoms with Gasteiger partial charge < -0.3 is 19.9 Å². The third-order valence-electron chi connectivity index (χ3n) is 7.16. The molecule has 202 valence electrons. The number of anilines is 3. The van der Waals surface area contributed by atoms with Gasteiger partial charge in [0.25, 0.3) is 5.85 Å². The Kier molecular flexibility index (Phi) is 6.94. The van der Waals surface area contributed by atoms with Crippen LogP contribution in [0.3, 0.4) is 0 Å². The Labute approximate surface area is 219 Å². The molecule has 3 aromatic rings. The number of likely N-dealkylation sites (tertiary alicyclic amines) is 1. The van der Waals surface area contributed by atoms with E-state index in [1.54, 1.807) is 17.0 Å². The number of hydrogen-bond donors (Lipinski definition) is 1. The van der Waals surface area contributed by atoms with E-state index in [4.69, 9.17) is 4.74 Å². The van der Waals surface area contributed by atoms with E-state index < -0.39 is 17.5 Å². The van der Waals surface area contributed by atoms with Crippen LogP contribution in [-0.4, -0.2) is 53.4 Å². The summed E-state index contributed by atoms with van der Waals surface area (Å²) >= 11 is 0. The van der Waals surface area contributed by atoms with Gasteiger partial charge in [0.2, 0.25) is 5.95 Å². The summed E-state index contributed by atoms with van der Waals surface area (Å²) in [5, 5.41) is 2.92. The Balaban J connectivity index is 1.43. The topological polar surface area (TPSA) is 53.5 Å². The summed E-state index contributed by atoms with van der Waals surface area (Å²) in [5.41, 5.74) is 1.39. The SMILES string of the molecule is CC(C)N1CC(C)(F)Oc2c(F)cc(-c3nc(Nc4ccc(C5CCN(C)CC5)c(F)c4)ncc3F)cc21. The molecule has 38 heavy (non-hydrogen) atoms. The Hall–Kier alpha value is -3.40. The predicted octanol–water partition coefficient (Wildman–Crippen LogP) is 6.41. The minimum atomic E-state index is -2.07. The van der Waals surface area contributed by atoms with Gasteiger partial charge in [-0.2, -0.15) is 4.39 Å². The summed E-state index contributed by atoms with van der Waals surface area (Å²) in [6.45, 7) is 6.67. The first-order valence-corrected chi connectivity index (χ1v) is 12.8. The van der Waals surface area contributed by atoms with Crippen LogP contribution >= 0.6 is 0 Å². The van der Waals surface area contributed by atoms with Gasteiger partial charge in [0.1, 0.15) is 11.5 Å². The van der Waals surface area contributed by atoms with Crippen molar-refractivity contribution < 1.29 is 22.3 Å². The maximum atomic E-state index is 15.1. The van der Waals surface area contributed by atoms with Gasteiger partial charge in [-0.1, -0.05) is 6.07 Å². The van der Waals surface area contributed by atoms with E-state index in [9.17, 15) is 13.2 Å². The van der Waals surface area contributed by atoms with Crippen LogP contribution in [-0.2, 0) is 0 Å². The minimum absolute atomic E-state index is 0.0271. The molecular formula is C28H31F4N5O. The van der Waals surface area contributed by atoms with Gasteiger partial charge in [-0.25, -0.2) is 23.1 Å². The van der Waals surface area contributed by atoms with Crippen molar-refractivity contribution >= 4 is 17.3 Å². The number of hydrogen-bond acceptors (Lipinski definition) is 6. The van der Waals surface area contributed by atoms with Gasteiger partial charge in [0.05, 0.1) is 18.4 Å². The zero-order chi connectivity index (χ0) is 27.2.